The first-order valence-corrected chi connectivity index (χ1v) is 10.9. The van der Waals surface area contributed by atoms with Gasteiger partial charge in [-0.15, -0.1) is 0 Å². The van der Waals surface area contributed by atoms with Crippen molar-refractivity contribution in [1.29, 1.82) is 0 Å². The van der Waals surface area contributed by atoms with Gasteiger partial charge in [0.2, 0.25) is 11.8 Å². The molecule has 3 amide bonds. The molecular weight excluding hydrogens is 378 g/mol. The molecule has 3 aliphatic rings. The summed E-state index contributed by atoms with van der Waals surface area (Å²) in [7, 11) is 0. The van der Waals surface area contributed by atoms with Crippen molar-refractivity contribution in [3.63, 3.8) is 0 Å². The number of piperidine rings is 2. The van der Waals surface area contributed by atoms with Crippen LogP contribution in [0.5, 0.6) is 0 Å². The zero-order valence-electron chi connectivity index (χ0n) is 17.5. The van der Waals surface area contributed by atoms with E-state index in [9.17, 15) is 14.4 Å². The molecule has 0 aliphatic carbocycles. The minimum absolute atomic E-state index is 0.142. The van der Waals surface area contributed by atoms with Crippen molar-refractivity contribution in [2.45, 2.75) is 57.5 Å². The summed E-state index contributed by atoms with van der Waals surface area (Å²) in [5.41, 5.74) is 2.76. The van der Waals surface area contributed by atoms with Crippen LogP contribution >= 0.6 is 0 Å². The second-order valence-corrected chi connectivity index (χ2v) is 8.95. The molecule has 0 aromatic heterocycles. The first kappa shape index (κ1) is 19.2. The Hall–Kier alpha value is -2.73. The molecule has 30 heavy (non-hydrogen) atoms. The topological polar surface area (TPSA) is 69.7 Å². The van der Waals surface area contributed by atoms with Crippen LogP contribution in [-0.2, 0) is 9.59 Å². The predicted molar refractivity (Wildman–Crippen MR) is 116 cm³/mol. The number of amides is 3. The maximum Gasteiger partial charge on any atom is 0.259 e. The number of rotatable bonds is 3. The van der Waals surface area contributed by atoms with E-state index in [0.29, 0.717) is 23.9 Å². The first-order valence-electron chi connectivity index (χ1n) is 10.9. The number of likely N-dealkylation sites (tertiary alicyclic amines) is 1. The lowest BCUT2D eigenvalue weighted by atomic mass is 9.85. The molecule has 2 saturated heterocycles. The molecule has 3 heterocycles. The Labute approximate surface area is 176 Å². The Morgan fingerprint density at radius 3 is 2.47 bits per heavy atom. The van der Waals surface area contributed by atoms with E-state index in [1.807, 2.05) is 18.2 Å². The molecule has 0 bridgehead atoms. The first-order chi connectivity index (χ1) is 14.5. The molecule has 5 rings (SSSR count). The van der Waals surface area contributed by atoms with E-state index >= 15 is 0 Å². The fraction of sp³-hybridized carbons (Fsp3) is 0.458. The number of nitrogens with one attached hydrogen (secondary N) is 1. The number of hydrogen-bond donors (Lipinski definition) is 1. The summed E-state index contributed by atoms with van der Waals surface area (Å²) in [6, 6.07) is 9.99. The number of benzene rings is 2. The molecule has 3 aliphatic heterocycles. The largest absolute Gasteiger partial charge is 0.301 e. The molecular formula is C24H27N3O3. The van der Waals surface area contributed by atoms with Crippen LogP contribution in [-0.4, -0.2) is 47.8 Å². The molecule has 2 aromatic carbocycles. The zero-order chi connectivity index (χ0) is 21.0. The Morgan fingerprint density at radius 1 is 1.00 bits per heavy atom. The fourth-order valence-electron chi connectivity index (χ4n) is 5.35. The van der Waals surface area contributed by atoms with E-state index in [0.717, 1.165) is 42.4 Å². The van der Waals surface area contributed by atoms with Crippen LogP contribution in [0.3, 0.4) is 0 Å². The summed E-state index contributed by atoms with van der Waals surface area (Å²) in [5, 5.41) is 4.46. The van der Waals surface area contributed by atoms with Gasteiger partial charge in [0.25, 0.3) is 5.91 Å². The maximum atomic E-state index is 13.3. The molecule has 6 heteroatoms. The highest BCUT2D eigenvalue weighted by Gasteiger charge is 2.41. The molecule has 6 nitrogen and oxygen atoms in total. The summed E-state index contributed by atoms with van der Waals surface area (Å²) in [4.78, 5) is 41.4. The van der Waals surface area contributed by atoms with E-state index in [2.05, 4.69) is 36.2 Å². The quantitative estimate of drug-likeness (QED) is 0.797. The van der Waals surface area contributed by atoms with Crippen molar-refractivity contribution in [2.75, 3.05) is 18.0 Å². The van der Waals surface area contributed by atoms with Crippen LogP contribution in [0.15, 0.2) is 30.3 Å². The van der Waals surface area contributed by atoms with E-state index in [4.69, 9.17) is 0 Å². The van der Waals surface area contributed by atoms with Crippen molar-refractivity contribution in [2.24, 2.45) is 0 Å². The van der Waals surface area contributed by atoms with Gasteiger partial charge < -0.3 is 4.90 Å². The second-order valence-electron chi connectivity index (χ2n) is 8.95. The predicted octanol–water partition coefficient (Wildman–Crippen LogP) is 3.19. The number of imide groups is 1. The maximum absolute atomic E-state index is 13.3. The fourth-order valence-corrected chi connectivity index (χ4v) is 5.35. The van der Waals surface area contributed by atoms with Crippen molar-refractivity contribution < 1.29 is 14.4 Å². The highest BCUT2D eigenvalue weighted by molar-refractivity contribution is 6.27. The van der Waals surface area contributed by atoms with Crippen LogP contribution in [0, 0.1) is 0 Å². The van der Waals surface area contributed by atoms with Gasteiger partial charge in [-0.25, -0.2) is 0 Å². The number of nitrogens with zero attached hydrogens (tertiary/aromatic N) is 2. The zero-order valence-corrected chi connectivity index (χ0v) is 17.5. The third-order valence-electron chi connectivity index (χ3n) is 6.98. The van der Waals surface area contributed by atoms with Gasteiger partial charge in [0.15, 0.2) is 0 Å². The Bertz CT molecular complexity index is 1050. The molecule has 0 saturated carbocycles. The highest BCUT2D eigenvalue weighted by Crippen LogP contribution is 2.44. The van der Waals surface area contributed by atoms with E-state index in [-0.39, 0.29) is 24.1 Å². The summed E-state index contributed by atoms with van der Waals surface area (Å²) in [6.45, 7) is 6.67. The lowest BCUT2D eigenvalue weighted by molar-refractivity contribution is -0.134. The van der Waals surface area contributed by atoms with Gasteiger partial charge in [0, 0.05) is 23.4 Å². The van der Waals surface area contributed by atoms with Crippen LogP contribution in [0.1, 0.15) is 61.4 Å². The lowest BCUT2D eigenvalue weighted by Gasteiger charge is -2.35. The molecule has 1 unspecified atom stereocenters. The highest BCUT2D eigenvalue weighted by atomic mass is 16.2. The smallest absolute Gasteiger partial charge is 0.259 e. The Balaban J connectivity index is 1.53. The summed E-state index contributed by atoms with van der Waals surface area (Å²) < 4.78 is 0. The number of hydrogen-bond acceptors (Lipinski definition) is 4. The summed E-state index contributed by atoms with van der Waals surface area (Å²) >= 11 is 0. The van der Waals surface area contributed by atoms with Gasteiger partial charge in [-0.1, -0.05) is 18.2 Å². The average Bonchev–Trinajstić information content (AvgIpc) is 3.02. The van der Waals surface area contributed by atoms with Gasteiger partial charge in [0.1, 0.15) is 6.04 Å². The minimum atomic E-state index is -0.633. The van der Waals surface area contributed by atoms with E-state index in [1.165, 1.54) is 5.56 Å². The second kappa shape index (κ2) is 7.20. The molecule has 156 valence electrons. The SMILES string of the molecule is CC(C)N1CCC(c2ccc3c4c(cccc24)C(=O)N3C2CCC(=O)NC2=O)CC1. The van der Waals surface area contributed by atoms with Crippen molar-refractivity contribution in [3.8, 4) is 0 Å². The van der Waals surface area contributed by atoms with Crippen molar-refractivity contribution in [3.05, 3.63) is 41.5 Å². The standard InChI is InChI=1S/C24H27N3O3/c1-14(2)26-12-10-15(11-13-26)16-6-7-19-22-17(16)4-3-5-18(22)24(30)27(19)20-8-9-21(28)25-23(20)29/h3-7,14-15,20H,8-13H2,1-2H3,(H,25,28,29). The number of anilines is 1. The Morgan fingerprint density at radius 2 is 1.77 bits per heavy atom. The van der Waals surface area contributed by atoms with Gasteiger partial charge in [-0.3, -0.25) is 24.6 Å². The molecule has 0 radical (unpaired) electrons. The lowest BCUT2D eigenvalue weighted by Crippen LogP contribution is -2.53. The normalized spacial score (nSPS) is 23.0. The van der Waals surface area contributed by atoms with E-state index < -0.39 is 6.04 Å². The number of carbonyl (C=O) groups excluding carboxylic acids is 3. The van der Waals surface area contributed by atoms with Crippen LogP contribution in [0.25, 0.3) is 10.8 Å². The monoisotopic (exact) mass is 405 g/mol. The van der Waals surface area contributed by atoms with Crippen molar-refractivity contribution in [1.82, 2.24) is 10.2 Å². The molecule has 2 aromatic rings. The van der Waals surface area contributed by atoms with Crippen LogP contribution in [0.4, 0.5) is 5.69 Å². The van der Waals surface area contributed by atoms with Crippen LogP contribution < -0.4 is 10.2 Å². The molecule has 1 atom stereocenters. The summed E-state index contributed by atoms with van der Waals surface area (Å²) in [5.74, 6) is -0.319. The van der Waals surface area contributed by atoms with Crippen LogP contribution in [0.2, 0.25) is 0 Å². The van der Waals surface area contributed by atoms with Gasteiger partial charge in [-0.05, 0) is 75.2 Å². The minimum Gasteiger partial charge on any atom is -0.301 e. The molecule has 2 fully saturated rings. The van der Waals surface area contributed by atoms with Crippen molar-refractivity contribution >= 4 is 34.2 Å². The van der Waals surface area contributed by atoms with E-state index in [1.54, 1.807) is 4.90 Å². The molecule has 1 N–H and O–H groups in total. The van der Waals surface area contributed by atoms with Gasteiger partial charge >= 0.3 is 0 Å². The third kappa shape index (κ3) is 2.93. The molecule has 0 spiro atoms. The average molecular weight is 405 g/mol. The Kier molecular flexibility index (Phi) is 4.62. The van der Waals surface area contributed by atoms with Gasteiger partial charge in [-0.2, -0.15) is 0 Å². The summed E-state index contributed by atoms with van der Waals surface area (Å²) in [6.07, 6.45) is 2.84. The van der Waals surface area contributed by atoms with Gasteiger partial charge in [0.05, 0.1) is 5.69 Å². The number of carbonyl (C=O) groups is 3. The third-order valence-corrected chi connectivity index (χ3v) is 6.98.